The summed E-state index contributed by atoms with van der Waals surface area (Å²) in [4.78, 5) is 29.9. The van der Waals surface area contributed by atoms with E-state index in [9.17, 15) is 23.3 Å². The summed E-state index contributed by atoms with van der Waals surface area (Å²) in [6.07, 6.45) is 7.89. The van der Waals surface area contributed by atoms with Crippen LogP contribution in [0.1, 0.15) is 45.4 Å². The lowest BCUT2D eigenvalue weighted by molar-refractivity contribution is -0.133. The van der Waals surface area contributed by atoms with Gasteiger partial charge in [-0.05, 0) is 68.9 Å². The molecule has 2 amide bonds. The van der Waals surface area contributed by atoms with Crippen LogP contribution < -0.4 is 16.4 Å². The summed E-state index contributed by atoms with van der Waals surface area (Å²) < 4.78 is 25.8. The Hall–Kier alpha value is -3.69. The summed E-state index contributed by atoms with van der Waals surface area (Å²) in [6, 6.07) is 8.34. The minimum Gasteiger partial charge on any atom is -0.383 e. The second-order valence-electron chi connectivity index (χ2n) is 10.2. The molecule has 0 spiro atoms. The lowest BCUT2D eigenvalue weighted by Crippen LogP contribution is -2.54. The molecule has 12 heteroatoms. The summed E-state index contributed by atoms with van der Waals surface area (Å²) >= 11 is 0. The SMILES string of the molecule is C/C(C(N)=Nc1ccc(S(=O)(=O)N(C)C)cc1)=C(\C=C/NC=O)NC1(CC#N)CCN(C(=O)CC2CC2)CC1. The molecule has 39 heavy (non-hydrogen) atoms. The van der Waals surface area contributed by atoms with E-state index in [2.05, 4.69) is 21.7 Å². The molecule has 0 bridgehead atoms. The van der Waals surface area contributed by atoms with E-state index in [1.54, 1.807) is 25.1 Å². The van der Waals surface area contributed by atoms with Crippen molar-refractivity contribution >= 4 is 33.9 Å². The minimum absolute atomic E-state index is 0.142. The van der Waals surface area contributed by atoms with Crippen molar-refractivity contribution in [1.82, 2.24) is 19.8 Å². The van der Waals surface area contributed by atoms with Crippen molar-refractivity contribution in [3.63, 3.8) is 0 Å². The van der Waals surface area contributed by atoms with Gasteiger partial charge in [0, 0.05) is 51.1 Å². The monoisotopic (exact) mass is 555 g/mol. The van der Waals surface area contributed by atoms with Crippen molar-refractivity contribution in [2.75, 3.05) is 27.2 Å². The molecule has 1 saturated heterocycles. The van der Waals surface area contributed by atoms with Crippen molar-refractivity contribution < 1.29 is 18.0 Å². The molecule has 1 aliphatic carbocycles. The first-order chi connectivity index (χ1) is 18.5. The molecule has 3 rings (SSSR count). The zero-order valence-electron chi connectivity index (χ0n) is 22.7. The fourth-order valence-corrected chi connectivity index (χ4v) is 5.26. The third-order valence-electron chi connectivity index (χ3n) is 7.12. The van der Waals surface area contributed by atoms with E-state index in [0.29, 0.717) is 61.6 Å². The molecule has 1 heterocycles. The summed E-state index contributed by atoms with van der Waals surface area (Å²) in [7, 11) is -0.642. The Kier molecular flexibility index (Phi) is 9.88. The van der Waals surface area contributed by atoms with E-state index in [-0.39, 0.29) is 23.1 Å². The predicted octanol–water partition coefficient (Wildman–Crippen LogP) is 2.12. The highest BCUT2D eigenvalue weighted by Crippen LogP contribution is 2.34. The van der Waals surface area contributed by atoms with Crippen LogP contribution in [0.3, 0.4) is 0 Å². The van der Waals surface area contributed by atoms with Crippen LogP contribution in [0.5, 0.6) is 0 Å². The number of sulfonamides is 1. The molecule has 2 fully saturated rings. The first-order valence-electron chi connectivity index (χ1n) is 12.9. The molecule has 210 valence electrons. The quantitative estimate of drug-likeness (QED) is 0.154. The van der Waals surface area contributed by atoms with E-state index in [4.69, 9.17) is 5.73 Å². The van der Waals surface area contributed by atoms with Gasteiger partial charge in [0.15, 0.2) is 0 Å². The Morgan fingerprint density at radius 1 is 1.26 bits per heavy atom. The third kappa shape index (κ3) is 7.91. The van der Waals surface area contributed by atoms with Crippen LogP contribution in [0.4, 0.5) is 5.69 Å². The predicted molar refractivity (Wildman–Crippen MR) is 149 cm³/mol. The van der Waals surface area contributed by atoms with Crippen molar-refractivity contribution in [3.8, 4) is 6.07 Å². The van der Waals surface area contributed by atoms with Gasteiger partial charge >= 0.3 is 0 Å². The maximum atomic E-state index is 12.6. The second kappa shape index (κ2) is 12.9. The fourth-order valence-electron chi connectivity index (χ4n) is 4.36. The fraction of sp³-hybridized carbons (Fsp3) is 0.481. The highest BCUT2D eigenvalue weighted by Gasteiger charge is 2.37. The van der Waals surface area contributed by atoms with E-state index < -0.39 is 15.6 Å². The summed E-state index contributed by atoms with van der Waals surface area (Å²) in [6.45, 7) is 2.87. The van der Waals surface area contributed by atoms with Gasteiger partial charge in [0.2, 0.25) is 22.3 Å². The summed E-state index contributed by atoms with van der Waals surface area (Å²) in [5.74, 6) is 0.872. The smallest absolute Gasteiger partial charge is 0.242 e. The van der Waals surface area contributed by atoms with Gasteiger partial charge in [-0.25, -0.2) is 17.7 Å². The number of hydrogen-bond donors (Lipinski definition) is 3. The molecule has 11 nitrogen and oxygen atoms in total. The number of piperidine rings is 1. The number of amides is 2. The molecule has 1 aliphatic heterocycles. The first-order valence-corrected chi connectivity index (χ1v) is 14.3. The van der Waals surface area contributed by atoms with Gasteiger partial charge in [-0.15, -0.1) is 0 Å². The number of nitrogens with one attached hydrogen (secondary N) is 2. The number of nitrogens with zero attached hydrogens (tertiary/aromatic N) is 4. The van der Waals surface area contributed by atoms with Crippen molar-refractivity contribution in [1.29, 1.82) is 5.26 Å². The van der Waals surface area contributed by atoms with Crippen LogP contribution in [0, 0.1) is 17.2 Å². The van der Waals surface area contributed by atoms with Crippen LogP contribution in [0.2, 0.25) is 0 Å². The van der Waals surface area contributed by atoms with Crippen LogP contribution in [-0.2, 0) is 19.6 Å². The van der Waals surface area contributed by atoms with Gasteiger partial charge < -0.3 is 21.3 Å². The van der Waals surface area contributed by atoms with Crippen LogP contribution in [0.25, 0.3) is 0 Å². The number of hydrogen-bond acceptors (Lipinski definition) is 7. The van der Waals surface area contributed by atoms with Gasteiger partial charge in [-0.2, -0.15) is 5.26 Å². The van der Waals surface area contributed by atoms with E-state index >= 15 is 0 Å². The number of nitriles is 1. The molecular formula is C27H37N7O4S. The summed E-state index contributed by atoms with van der Waals surface area (Å²) in [5, 5.41) is 15.6. The zero-order chi connectivity index (χ0) is 28.6. The Bertz CT molecular complexity index is 1280. The highest BCUT2D eigenvalue weighted by atomic mass is 32.2. The Morgan fingerprint density at radius 3 is 2.44 bits per heavy atom. The lowest BCUT2D eigenvalue weighted by atomic mass is 9.84. The Labute approximate surface area is 230 Å². The molecular weight excluding hydrogens is 518 g/mol. The first kappa shape index (κ1) is 29.9. The van der Waals surface area contributed by atoms with Gasteiger partial charge in [0.25, 0.3) is 0 Å². The molecule has 2 aliphatic rings. The average molecular weight is 556 g/mol. The molecule has 1 saturated carbocycles. The second-order valence-corrected chi connectivity index (χ2v) is 12.4. The number of aliphatic imine (C=N–C) groups is 1. The normalized spacial score (nSPS) is 18.4. The van der Waals surface area contributed by atoms with E-state index in [0.717, 1.165) is 17.1 Å². The van der Waals surface area contributed by atoms with Crippen molar-refractivity contribution in [3.05, 3.63) is 47.8 Å². The van der Waals surface area contributed by atoms with Gasteiger partial charge in [0.1, 0.15) is 5.84 Å². The zero-order valence-corrected chi connectivity index (χ0v) is 23.5. The van der Waals surface area contributed by atoms with Gasteiger partial charge in [0.05, 0.1) is 28.6 Å². The van der Waals surface area contributed by atoms with E-state index in [1.807, 2.05) is 4.90 Å². The number of carbonyl (C=O) groups excluding carboxylic acids is 2. The Morgan fingerprint density at radius 2 is 1.90 bits per heavy atom. The average Bonchev–Trinajstić information content (AvgIpc) is 3.72. The van der Waals surface area contributed by atoms with E-state index in [1.165, 1.54) is 32.4 Å². The largest absolute Gasteiger partial charge is 0.383 e. The molecule has 0 atom stereocenters. The topological polar surface area (TPSA) is 161 Å². The van der Waals surface area contributed by atoms with Crippen molar-refractivity contribution in [2.45, 2.75) is 55.9 Å². The molecule has 1 aromatic rings. The van der Waals surface area contributed by atoms with Crippen LogP contribution in [-0.4, -0.2) is 68.5 Å². The van der Waals surface area contributed by atoms with Gasteiger partial charge in [-0.1, -0.05) is 0 Å². The molecule has 0 aromatic heterocycles. The summed E-state index contributed by atoms with van der Waals surface area (Å²) in [5.41, 5.74) is 7.38. The number of rotatable bonds is 12. The van der Waals surface area contributed by atoms with Crippen molar-refractivity contribution in [2.24, 2.45) is 16.6 Å². The number of carbonyl (C=O) groups is 2. The molecule has 4 N–H and O–H groups in total. The molecule has 1 aromatic carbocycles. The third-order valence-corrected chi connectivity index (χ3v) is 8.95. The maximum Gasteiger partial charge on any atom is 0.242 e. The van der Waals surface area contributed by atoms with Gasteiger partial charge in [-0.3, -0.25) is 9.59 Å². The van der Waals surface area contributed by atoms with Crippen LogP contribution >= 0.6 is 0 Å². The number of nitrogens with two attached hydrogens (primary N) is 1. The standard InChI is InChI=1S/C27H37N7O4S/c1-20(26(29)31-22-6-8-23(9-7-22)39(37,38)33(2)3)24(10-15-30-19-35)32-27(11-14-28)12-16-34(17-13-27)25(36)18-21-4-5-21/h6-10,15,19,21,32H,4-5,11-13,16-18H2,1-3H3,(H2,29,31)(H,30,35)/b15-10-,24-20-. The number of amidine groups is 1. The lowest BCUT2D eigenvalue weighted by Gasteiger charge is -2.42. The number of likely N-dealkylation sites (tertiary alicyclic amines) is 1. The number of benzene rings is 1. The highest BCUT2D eigenvalue weighted by molar-refractivity contribution is 7.89. The van der Waals surface area contributed by atoms with Crippen LogP contribution in [0.15, 0.2) is 57.7 Å². The maximum absolute atomic E-state index is 12.6. The number of allylic oxidation sites excluding steroid dienone is 1. The molecule has 0 unspecified atom stereocenters. The minimum atomic E-state index is -3.57. The Balaban J connectivity index is 1.84. The molecule has 0 radical (unpaired) electrons.